The first-order valence-corrected chi connectivity index (χ1v) is 9.14. The van der Waals surface area contributed by atoms with Crippen LogP contribution in [0.1, 0.15) is 32.1 Å². The maximum atomic E-state index is 12.4. The van der Waals surface area contributed by atoms with Crippen molar-refractivity contribution in [1.82, 2.24) is 14.5 Å². The molecule has 0 spiro atoms. The van der Waals surface area contributed by atoms with Crippen LogP contribution in [0.3, 0.4) is 0 Å². The summed E-state index contributed by atoms with van der Waals surface area (Å²) in [6.45, 7) is 5.73. The number of hydrogen-bond donors (Lipinski definition) is 0. The van der Waals surface area contributed by atoms with Gasteiger partial charge >= 0.3 is 0 Å². The number of carbonyl (C=O) groups excluding carboxylic acids is 2. The fourth-order valence-corrected chi connectivity index (χ4v) is 3.89. The topological polar surface area (TPSA) is 64.4 Å². The Morgan fingerprint density at radius 1 is 1.08 bits per heavy atom. The van der Waals surface area contributed by atoms with E-state index in [1.54, 1.807) is 43.1 Å². The highest BCUT2D eigenvalue weighted by atomic mass is 32.2. The summed E-state index contributed by atoms with van der Waals surface area (Å²) < 4.78 is 7.28. The zero-order chi connectivity index (χ0) is 18.0. The van der Waals surface area contributed by atoms with Crippen LogP contribution in [0.25, 0.3) is 0 Å². The van der Waals surface area contributed by atoms with Crippen LogP contribution >= 0.6 is 11.8 Å². The van der Waals surface area contributed by atoms with Crippen molar-refractivity contribution in [3.63, 3.8) is 0 Å². The summed E-state index contributed by atoms with van der Waals surface area (Å²) in [5.41, 5.74) is 3.08. The Morgan fingerprint density at radius 3 is 2.32 bits per heavy atom. The second-order valence-electron chi connectivity index (χ2n) is 5.87. The van der Waals surface area contributed by atoms with Crippen molar-refractivity contribution in [2.24, 2.45) is 0 Å². The number of fused-ring (bicyclic) bond motifs is 1. The van der Waals surface area contributed by atoms with Crippen molar-refractivity contribution >= 4 is 23.6 Å². The van der Waals surface area contributed by atoms with E-state index in [0.29, 0.717) is 30.0 Å². The lowest BCUT2D eigenvalue weighted by Crippen LogP contribution is -2.31. The molecule has 1 aromatic heterocycles. The average Bonchev–Trinajstić information content (AvgIpc) is 3.02. The quantitative estimate of drug-likeness (QED) is 0.561. The molecule has 2 amide bonds. The Bertz CT molecular complexity index is 781. The lowest BCUT2D eigenvalue weighted by atomic mass is 10.1. The van der Waals surface area contributed by atoms with E-state index in [0.717, 1.165) is 23.1 Å². The fourth-order valence-electron chi connectivity index (χ4n) is 2.85. The number of thioether (sulfide) groups is 1. The molecule has 0 saturated carbocycles. The van der Waals surface area contributed by atoms with Crippen LogP contribution in [-0.2, 0) is 11.3 Å². The van der Waals surface area contributed by atoms with Gasteiger partial charge in [0, 0.05) is 31.6 Å². The van der Waals surface area contributed by atoms with Gasteiger partial charge in [0.2, 0.25) is 0 Å². The minimum Gasteiger partial charge on any atom is -0.383 e. The highest BCUT2D eigenvalue weighted by Gasteiger charge is 2.34. The molecule has 132 valence electrons. The first kappa shape index (κ1) is 17.7. The largest absolute Gasteiger partial charge is 0.383 e. The Labute approximate surface area is 151 Å². The van der Waals surface area contributed by atoms with E-state index in [1.165, 1.54) is 4.90 Å². The van der Waals surface area contributed by atoms with Crippen LogP contribution in [0.15, 0.2) is 29.4 Å². The van der Waals surface area contributed by atoms with Gasteiger partial charge in [-0.05, 0) is 26.0 Å². The second-order valence-corrected chi connectivity index (χ2v) is 6.93. The van der Waals surface area contributed by atoms with Gasteiger partial charge in [0.15, 0.2) is 5.16 Å². The number of carbonyl (C=O) groups is 2. The molecular weight excluding hydrogens is 338 g/mol. The third-order valence-electron chi connectivity index (χ3n) is 4.37. The van der Waals surface area contributed by atoms with Crippen molar-refractivity contribution in [3.05, 3.63) is 46.8 Å². The number of imidazole rings is 1. The number of rotatable bonds is 7. The molecule has 0 radical (unpaired) electrons. The molecule has 0 N–H and O–H groups in total. The summed E-state index contributed by atoms with van der Waals surface area (Å²) in [6.07, 6.45) is 0. The average molecular weight is 359 g/mol. The highest BCUT2D eigenvalue weighted by Crippen LogP contribution is 2.25. The summed E-state index contributed by atoms with van der Waals surface area (Å²) in [4.78, 5) is 30.7. The van der Waals surface area contributed by atoms with E-state index in [1.807, 2.05) is 13.8 Å². The number of amides is 2. The van der Waals surface area contributed by atoms with Crippen molar-refractivity contribution < 1.29 is 14.3 Å². The van der Waals surface area contributed by atoms with Crippen LogP contribution in [0, 0.1) is 13.8 Å². The molecule has 0 atom stereocenters. The molecule has 2 heterocycles. The van der Waals surface area contributed by atoms with Gasteiger partial charge < -0.3 is 9.30 Å². The molecule has 2 aromatic rings. The van der Waals surface area contributed by atoms with E-state index in [2.05, 4.69) is 9.55 Å². The van der Waals surface area contributed by atoms with E-state index in [-0.39, 0.29) is 11.8 Å². The van der Waals surface area contributed by atoms with Crippen LogP contribution in [0.2, 0.25) is 0 Å². The summed E-state index contributed by atoms with van der Waals surface area (Å²) in [6, 6.07) is 6.96. The summed E-state index contributed by atoms with van der Waals surface area (Å²) in [7, 11) is 1.67. The molecule has 1 aromatic carbocycles. The van der Waals surface area contributed by atoms with E-state index in [4.69, 9.17) is 4.74 Å². The van der Waals surface area contributed by atoms with Crippen molar-refractivity contribution in [3.8, 4) is 0 Å². The maximum Gasteiger partial charge on any atom is 0.261 e. The zero-order valence-corrected chi connectivity index (χ0v) is 15.4. The molecule has 1 aliphatic heterocycles. The summed E-state index contributed by atoms with van der Waals surface area (Å²) >= 11 is 1.55. The molecule has 0 unspecified atom stereocenters. The van der Waals surface area contributed by atoms with Crippen molar-refractivity contribution in [2.45, 2.75) is 25.5 Å². The van der Waals surface area contributed by atoms with E-state index >= 15 is 0 Å². The van der Waals surface area contributed by atoms with E-state index in [9.17, 15) is 9.59 Å². The maximum absolute atomic E-state index is 12.4. The number of ether oxygens (including phenoxy) is 1. The van der Waals surface area contributed by atoms with Crippen LogP contribution < -0.4 is 0 Å². The number of benzene rings is 1. The third-order valence-corrected chi connectivity index (χ3v) is 5.32. The summed E-state index contributed by atoms with van der Waals surface area (Å²) in [5.74, 6) is 0.182. The molecule has 3 rings (SSSR count). The van der Waals surface area contributed by atoms with Gasteiger partial charge in [0.1, 0.15) is 0 Å². The van der Waals surface area contributed by atoms with Crippen LogP contribution in [0.4, 0.5) is 0 Å². The molecule has 1 aliphatic rings. The molecule has 0 fully saturated rings. The van der Waals surface area contributed by atoms with Gasteiger partial charge in [0.05, 0.1) is 23.4 Å². The number of imide groups is 1. The monoisotopic (exact) mass is 359 g/mol. The smallest absolute Gasteiger partial charge is 0.261 e. The first-order valence-electron chi connectivity index (χ1n) is 8.15. The molecule has 0 aliphatic carbocycles. The third kappa shape index (κ3) is 3.34. The minimum absolute atomic E-state index is 0.212. The number of aromatic nitrogens is 2. The summed E-state index contributed by atoms with van der Waals surface area (Å²) in [5, 5.41) is 0.892. The van der Waals surface area contributed by atoms with Gasteiger partial charge in [-0.1, -0.05) is 23.9 Å². The molecule has 6 nitrogen and oxygen atoms in total. The molecule has 0 bridgehead atoms. The second kappa shape index (κ2) is 7.41. The van der Waals surface area contributed by atoms with Gasteiger partial charge in [0.25, 0.3) is 11.8 Å². The standard InChI is InChI=1S/C18H21N3O3S/c1-12-13(2)20(8-10-24-3)18(19-12)25-11-9-21-16(22)14-6-4-5-7-15(14)17(21)23/h4-7H,8-11H2,1-3H3. The van der Waals surface area contributed by atoms with Gasteiger partial charge in [-0.25, -0.2) is 4.98 Å². The predicted molar refractivity (Wildman–Crippen MR) is 96.1 cm³/mol. The van der Waals surface area contributed by atoms with Gasteiger partial charge in [-0.15, -0.1) is 0 Å². The molecule has 0 saturated heterocycles. The minimum atomic E-state index is -0.212. The first-order chi connectivity index (χ1) is 12.0. The van der Waals surface area contributed by atoms with Crippen molar-refractivity contribution in [2.75, 3.05) is 26.0 Å². The number of aryl methyl sites for hydroxylation is 1. The SMILES string of the molecule is COCCn1c(SCCN2C(=O)c3ccccc3C2=O)nc(C)c1C. The van der Waals surface area contributed by atoms with Crippen molar-refractivity contribution in [1.29, 1.82) is 0 Å². The Kier molecular flexibility index (Phi) is 5.24. The lowest BCUT2D eigenvalue weighted by molar-refractivity contribution is 0.0664. The zero-order valence-electron chi connectivity index (χ0n) is 14.6. The fraction of sp³-hybridized carbons (Fsp3) is 0.389. The molecule has 7 heteroatoms. The Hall–Kier alpha value is -2.12. The van der Waals surface area contributed by atoms with Gasteiger partial charge in [-0.2, -0.15) is 0 Å². The highest BCUT2D eigenvalue weighted by molar-refractivity contribution is 7.99. The van der Waals surface area contributed by atoms with Crippen LogP contribution in [-0.4, -0.2) is 52.3 Å². The molecular formula is C18H21N3O3S. The van der Waals surface area contributed by atoms with Crippen LogP contribution in [0.5, 0.6) is 0 Å². The predicted octanol–water partition coefficient (Wildman–Crippen LogP) is 2.53. The molecule has 25 heavy (non-hydrogen) atoms. The Balaban J connectivity index is 1.65. The Morgan fingerprint density at radius 2 is 1.72 bits per heavy atom. The number of hydrogen-bond acceptors (Lipinski definition) is 5. The number of nitrogens with zero attached hydrogens (tertiary/aromatic N) is 3. The normalized spacial score (nSPS) is 13.6. The number of methoxy groups -OCH3 is 1. The van der Waals surface area contributed by atoms with Gasteiger partial charge in [-0.3, -0.25) is 14.5 Å². The lowest BCUT2D eigenvalue weighted by Gasteiger charge is -2.14. The van der Waals surface area contributed by atoms with E-state index < -0.39 is 0 Å².